The molecule has 1 aliphatic heterocycles. The summed E-state index contributed by atoms with van der Waals surface area (Å²) in [6, 6.07) is 0. The fourth-order valence-electron chi connectivity index (χ4n) is 1.07. The highest BCUT2D eigenvalue weighted by Gasteiger charge is 2.22. The van der Waals surface area contributed by atoms with E-state index in [1.165, 1.54) is 0 Å². The molecule has 1 heterocycles. The third-order valence-electron chi connectivity index (χ3n) is 1.86. The molecule has 13 heavy (non-hydrogen) atoms. The first-order valence-electron chi connectivity index (χ1n) is 4.33. The van der Waals surface area contributed by atoms with Gasteiger partial charge in [0.05, 0.1) is 13.2 Å². The molecule has 4 nitrogen and oxygen atoms in total. The number of methoxy groups -OCH3 is 1. The van der Waals surface area contributed by atoms with Crippen molar-refractivity contribution < 1.29 is 14.4 Å². The van der Waals surface area contributed by atoms with Gasteiger partial charge in [-0.25, -0.2) is 5.48 Å². The second-order valence-corrected chi connectivity index (χ2v) is 4.02. The smallest absolute Gasteiger partial charge is 0.247 e. The molecule has 1 fully saturated rings. The first kappa shape index (κ1) is 10.8. The van der Waals surface area contributed by atoms with Crippen LogP contribution in [0.1, 0.15) is 6.42 Å². The van der Waals surface area contributed by atoms with Crippen molar-refractivity contribution in [2.24, 2.45) is 5.92 Å². The number of ether oxygens (including phenoxy) is 1. The van der Waals surface area contributed by atoms with Crippen LogP contribution in [-0.4, -0.2) is 37.7 Å². The van der Waals surface area contributed by atoms with Crippen LogP contribution in [0.3, 0.4) is 0 Å². The molecule has 0 saturated carbocycles. The van der Waals surface area contributed by atoms with Crippen LogP contribution in [0.5, 0.6) is 0 Å². The van der Waals surface area contributed by atoms with Gasteiger partial charge in [-0.2, -0.15) is 11.8 Å². The first-order chi connectivity index (χ1) is 6.34. The van der Waals surface area contributed by atoms with Crippen LogP contribution in [0.4, 0.5) is 0 Å². The van der Waals surface area contributed by atoms with E-state index in [1.54, 1.807) is 7.11 Å². The van der Waals surface area contributed by atoms with Crippen LogP contribution in [0.25, 0.3) is 0 Å². The summed E-state index contributed by atoms with van der Waals surface area (Å²) in [7, 11) is 1.60. The summed E-state index contributed by atoms with van der Waals surface area (Å²) in [4.78, 5) is 16.2. The van der Waals surface area contributed by atoms with Gasteiger partial charge >= 0.3 is 0 Å². The van der Waals surface area contributed by atoms with Crippen molar-refractivity contribution in [2.45, 2.75) is 6.42 Å². The predicted molar refractivity (Wildman–Crippen MR) is 51.4 cm³/mol. The van der Waals surface area contributed by atoms with Gasteiger partial charge in [0.1, 0.15) is 0 Å². The topological polar surface area (TPSA) is 47.6 Å². The van der Waals surface area contributed by atoms with E-state index in [9.17, 15) is 4.79 Å². The largest absolute Gasteiger partial charge is 0.382 e. The lowest BCUT2D eigenvalue weighted by atomic mass is 10.1. The molecule has 0 aromatic carbocycles. The normalized spacial score (nSPS) is 21.8. The van der Waals surface area contributed by atoms with Gasteiger partial charge in [-0.1, -0.05) is 0 Å². The van der Waals surface area contributed by atoms with Crippen LogP contribution < -0.4 is 5.48 Å². The van der Waals surface area contributed by atoms with Gasteiger partial charge in [-0.05, 0) is 12.2 Å². The molecule has 1 saturated heterocycles. The third-order valence-corrected chi connectivity index (χ3v) is 3.03. The molecule has 1 aliphatic rings. The number of carbonyl (C=O) groups excluding carboxylic acids is 1. The Balaban J connectivity index is 2.03. The zero-order valence-electron chi connectivity index (χ0n) is 7.75. The summed E-state index contributed by atoms with van der Waals surface area (Å²) in [6.45, 7) is 0.905. The van der Waals surface area contributed by atoms with Crippen molar-refractivity contribution >= 4 is 17.7 Å². The Hall–Kier alpha value is -0.260. The second-order valence-electron chi connectivity index (χ2n) is 2.87. The molecule has 0 bridgehead atoms. The number of nitrogens with one attached hydrogen (secondary N) is 1. The van der Waals surface area contributed by atoms with E-state index < -0.39 is 0 Å². The van der Waals surface area contributed by atoms with Gasteiger partial charge in [0, 0.05) is 18.8 Å². The monoisotopic (exact) mass is 205 g/mol. The zero-order valence-corrected chi connectivity index (χ0v) is 8.56. The van der Waals surface area contributed by atoms with E-state index in [1.807, 2.05) is 11.8 Å². The first-order valence-corrected chi connectivity index (χ1v) is 5.48. The summed E-state index contributed by atoms with van der Waals surface area (Å²) in [5.74, 6) is 2.13. The molecule has 0 aromatic heterocycles. The van der Waals surface area contributed by atoms with Crippen molar-refractivity contribution in [2.75, 3.05) is 31.8 Å². The van der Waals surface area contributed by atoms with E-state index in [4.69, 9.17) is 9.57 Å². The van der Waals surface area contributed by atoms with Crippen LogP contribution >= 0.6 is 11.8 Å². The maximum atomic E-state index is 11.3. The molecule has 0 aliphatic carbocycles. The molecule has 76 valence electrons. The number of hydrogen-bond acceptors (Lipinski definition) is 4. The molecule has 1 atom stereocenters. The highest BCUT2D eigenvalue weighted by Crippen LogP contribution is 2.23. The molecule has 1 amide bonds. The number of amides is 1. The fourth-order valence-corrected chi connectivity index (χ4v) is 2.29. The van der Waals surface area contributed by atoms with Gasteiger partial charge in [0.25, 0.3) is 0 Å². The molecule has 1 rings (SSSR count). The summed E-state index contributed by atoms with van der Waals surface area (Å²) in [5.41, 5.74) is 2.43. The maximum absolute atomic E-state index is 11.3. The van der Waals surface area contributed by atoms with Crippen molar-refractivity contribution in [3.8, 4) is 0 Å². The molecular weight excluding hydrogens is 190 g/mol. The highest BCUT2D eigenvalue weighted by atomic mass is 32.2. The highest BCUT2D eigenvalue weighted by molar-refractivity contribution is 7.99. The van der Waals surface area contributed by atoms with E-state index in [0.29, 0.717) is 13.2 Å². The predicted octanol–water partition coefficient (Wildman–Crippen LogP) is 0.434. The average molecular weight is 205 g/mol. The Morgan fingerprint density at radius 2 is 2.46 bits per heavy atom. The van der Waals surface area contributed by atoms with Crippen molar-refractivity contribution in [1.82, 2.24) is 5.48 Å². The van der Waals surface area contributed by atoms with Gasteiger partial charge in [-0.3, -0.25) is 9.63 Å². The van der Waals surface area contributed by atoms with Crippen molar-refractivity contribution in [1.29, 1.82) is 0 Å². The van der Waals surface area contributed by atoms with Crippen molar-refractivity contribution in [3.05, 3.63) is 0 Å². The minimum absolute atomic E-state index is 0.00102. The second kappa shape index (κ2) is 6.23. The molecule has 0 aromatic rings. The Bertz CT molecular complexity index is 159. The Kier molecular flexibility index (Phi) is 5.19. The lowest BCUT2D eigenvalue weighted by Gasteiger charge is -2.08. The van der Waals surface area contributed by atoms with Crippen LogP contribution in [0.2, 0.25) is 0 Å². The number of hydrogen-bond donors (Lipinski definition) is 1. The van der Waals surface area contributed by atoms with E-state index >= 15 is 0 Å². The third kappa shape index (κ3) is 3.97. The van der Waals surface area contributed by atoms with E-state index in [2.05, 4.69) is 5.48 Å². The fraction of sp³-hybridized carbons (Fsp3) is 0.875. The van der Waals surface area contributed by atoms with Gasteiger partial charge in [0.15, 0.2) is 0 Å². The van der Waals surface area contributed by atoms with E-state index in [-0.39, 0.29) is 11.8 Å². The number of carbonyl (C=O) groups is 1. The summed E-state index contributed by atoms with van der Waals surface area (Å²) in [6.07, 6.45) is 0.962. The Labute approximate surface area is 82.3 Å². The lowest BCUT2D eigenvalue weighted by molar-refractivity contribution is -0.138. The molecular formula is C8H15NO3S. The number of rotatable bonds is 5. The van der Waals surface area contributed by atoms with Gasteiger partial charge in [0.2, 0.25) is 5.91 Å². The summed E-state index contributed by atoms with van der Waals surface area (Å²) < 4.78 is 4.77. The molecule has 1 unspecified atom stereocenters. The minimum atomic E-state index is 0.00102. The van der Waals surface area contributed by atoms with Crippen LogP contribution in [-0.2, 0) is 14.4 Å². The van der Waals surface area contributed by atoms with Gasteiger partial charge in [-0.15, -0.1) is 0 Å². The molecule has 0 radical (unpaired) electrons. The molecule has 5 heteroatoms. The SMILES string of the molecule is COCCONC(=O)C1CCSC1. The zero-order chi connectivity index (χ0) is 9.52. The van der Waals surface area contributed by atoms with Crippen LogP contribution in [0, 0.1) is 5.92 Å². The minimum Gasteiger partial charge on any atom is -0.382 e. The van der Waals surface area contributed by atoms with Crippen molar-refractivity contribution in [3.63, 3.8) is 0 Å². The lowest BCUT2D eigenvalue weighted by Crippen LogP contribution is -2.31. The molecule has 0 spiro atoms. The van der Waals surface area contributed by atoms with Crippen LogP contribution in [0.15, 0.2) is 0 Å². The summed E-state index contributed by atoms with van der Waals surface area (Å²) in [5, 5.41) is 0. The number of thioether (sulfide) groups is 1. The Morgan fingerprint density at radius 1 is 1.62 bits per heavy atom. The average Bonchev–Trinajstić information content (AvgIpc) is 2.65. The van der Waals surface area contributed by atoms with Gasteiger partial charge < -0.3 is 4.74 Å². The summed E-state index contributed by atoms with van der Waals surface area (Å²) >= 11 is 1.81. The van der Waals surface area contributed by atoms with E-state index in [0.717, 1.165) is 17.9 Å². The number of hydroxylamine groups is 1. The quantitative estimate of drug-likeness (QED) is 0.522. The standard InChI is InChI=1S/C8H15NO3S/c1-11-3-4-12-9-8(10)7-2-5-13-6-7/h7H,2-6H2,1H3,(H,9,10). The maximum Gasteiger partial charge on any atom is 0.247 e. The Morgan fingerprint density at radius 3 is 3.08 bits per heavy atom. The molecule has 1 N–H and O–H groups in total.